The van der Waals surface area contributed by atoms with E-state index in [0.717, 1.165) is 18.7 Å². The minimum Gasteiger partial charge on any atom is -0.394 e. The molecule has 0 fully saturated rings. The van der Waals surface area contributed by atoms with E-state index in [2.05, 4.69) is 29.0 Å². The molecule has 1 atom stereocenters. The predicted molar refractivity (Wildman–Crippen MR) is 97.9 cm³/mol. The van der Waals surface area contributed by atoms with Gasteiger partial charge in [-0.2, -0.15) is 10.2 Å². The number of hydrogen-bond donors (Lipinski definition) is 1. The number of nitro groups is 1. The number of nitrogens with zero attached hydrogens (tertiary/aromatic N) is 4. The van der Waals surface area contributed by atoms with Crippen LogP contribution in [0.25, 0.3) is 0 Å². The molecule has 0 saturated carbocycles. The van der Waals surface area contributed by atoms with Crippen LogP contribution in [0, 0.1) is 10.1 Å². The van der Waals surface area contributed by atoms with E-state index in [0.29, 0.717) is 11.4 Å². The largest absolute Gasteiger partial charge is 0.394 e. The van der Waals surface area contributed by atoms with Crippen molar-refractivity contribution in [3.8, 4) is 0 Å². The molecule has 0 aromatic heterocycles. The van der Waals surface area contributed by atoms with E-state index < -0.39 is 4.92 Å². The van der Waals surface area contributed by atoms with E-state index >= 15 is 0 Å². The third-order valence-corrected chi connectivity index (χ3v) is 3.99. The molecule has 132 valence electrons. The van der Waals surface area contributed by atoms with Gasteiger partial charge in [-0.25, -0.2) is 0 Å². The first-order valence-corrected chi connectivity index (χ1v) is 8.22. The van der Waals surface area contributed by atoms with E-state index in [4.69, 9.17) is 0 Å². The highest BCUT2D eigenvalue weighted by Crippen LogP contribution is 2.25. The van der Waals surface area contributed by atoms with Crippen molar-refractivity contribution in [2.24, 2.45) is 10.2 Å². The summed E-state index contributed by atoms with van der Waals surface area (Å²) in [5.74, 6) is 0. The minimum absolute atomic E-state index is 0.0253. The summed E-state index contributed by atoms with van der Waals surface area (Å²) >= 11 is 0. The van der Waals surface area contributed by atoms with Crippen LogP contribution >= 0.6 is 0 Å². The van der Waals surface area contributed by atoms with E-state index in [1.54, 1.807) is 12.1 Å². The van der Waals surface area contributed by atoms with Gasteiger partial charge < -0.3 is 10.0 Å². The van der Waals surface area contributed by atoms with Crippen LogP contribution in [-0.4, -0.2) is 29.2 Å². The predicted octanol–water partition coefficient (Wildman–Crippen LogP) is 4.61. The van der Waals surface area contributed by atoms with Gasteiger partial charge in [0.15, 0.2) is 0 Å². The normalized spacial score (nSPS) is 12.3. The third-order valence-electron chi connectivity index (χ3n) is 3.99. The molecule has 1 N–H and O–H groups in total. The summed E-state index contributed by atoms with van der Waals surface area (Å²) in [5, 5.41) is 28.4. The van der Waals surface area contributed by atoms with Crippen molar-refractivity contribution in [1.29, 1.82) is 0 Å². The Bertz CT molecular complexity index is 710. The number of aliphatic hydroxyl groups is 1. The quantitative estimate of drug-likeness (QED) is 0.431. The Morgan fingerprint density at radius 3 is 1.96 bits per heavy atom. The molecule has 2 rings (SSSR count). The molecule has 2 aromatic carbocycles. The van der Waals surface area contributed by atoms with Gasteiger partial charge in [0, 0.05) is 24.4 Å². The lowest BCUT2D eigenvalue weighted by molar-refractivity contribution is -0.384. The number of non-ortho nitro benzene ring substituents is 1. The van der Waals surface area contributed by atoms with Crippen LogP contribution in [0.4, 0.5) is 22.7 Å². The molecular weight excluding hydrogens is 320 g/mol. The van der Waals surface area contributed by atoms with Crippen molar-refractivity contribution in [3.63, 3.8) is 0 Å². The van der Waals surface area contributed by atoms with E-state index in [1.807, 2.05) is 24.3 Å². The molecule has 2 aromatic rings. The Labute approximate surface area is 146 Å². The summed E-state index contributed by atoms with van der Waals surface area (Å²) in [6, 6.07) is 13.6. The number of azo groups is 1. The Balaban J connectivity index is 2.10. The van der Waals surface area contributed by atoms with Gasteiger partial charge in [0.05, 0.1) is 28.9 Å². The van der Waals surface area contributed by atoms with Crippen molar-refractivity contribution in [2.75, 3.05) is 18.1 Å². The first-order valence-electron chi connectivity index (χ1n) is 8.22. The van der Waals surface area contributed by atoms with Gasteiger partial charge in [-0.1, -0.05) is 6.92 Å². The van der Waals surface area contributed by atoms with E-state index in [-0.39, 0.29) is 18.3 Å². The van der Waals surface area contributed by atoms with Crippen LogP contribution in [0.15, 0.2) is 58.8 Å². The fourth-order valence-corrected chi connectivity index (χ4v) is 2.57. The van der Waals surface area contributed by atoms with Crippen molar-refractivity contribution >= 4 is 22.7 Å². The zero-order chi connectivity index (χ0) is 18.2. The van der Waals surface area contributed by atoms with Crippen LogP contribution in [0.2, 0.25) is 0 Å². The molecule has 0 saturated heterocycles. The number of hydrogen-bond acceptors (Lipinski definition) is 6. The Hall–Kier alpha value is -2.80. The van der Waals surface area contributed by atoms with Crippen LogP contribution in [0.3, 0.4) is 0 Å². The molecule has 0 radical (unpaired) electrons. The molecule has 0 aliphatic carbocycles. The van der Waals surface area contributed by atoms with Crippen LogP contribution < -0.4 is 4.90 Å². The highest BCUT2D eigenvalue weighted by Gasteiger charge is 2.14. The van der Waals surface area contributed by atoms with Gasteiger partial charge in [0.25, 0.3) is 5.69 Å². The average Bonchev–Trinajstić information content (AvgIpc) is 2.65. The standard InChI is InChI=1S/C18H22N4O3/c1-3-16(13-23)21(4-2)17-9-5-14(6-10-17)19-20-15-7-11-18(12-8-15)22(24)25/h5-12,16,23H,3-4,13H2,1-2H3. The Morgan fingerprint density at radius 1 is 1.04 bits per heavy atom. The van der Waals surface area contributed by atoms with Crippen LogP contribution in [0.5, 0.6) is 0 Å². The summed E-state index contributed by atoms with van der Waals surface area (Å²) in [6.07, 6.45) is 0.867. The third kappa shape index (κ3) is 4.84. The van der Waals surface area contributed by atoms with Gasteiger partial charge in [-0.05, 0) is 49.7 Å². The molecular formula is C18H22N4O3. The number of benzene rings is 2. The van der Waals surface area contributed by atoms with Crippen LogP contribution in [-0.2, 0) is 0 Å². The van der Waals surface area contributed by atoms with Gasteiger partial charge in [-0.15, -0.1) is 0 Å². The monoisotopic (exact) mass is 342 g/mol. The molecule has 0 aliphatic heterocycles. The van der Waals surface area contributed by atoms with Crippen molar-refractivity contribution in [2.45, 2.75) is 26.3 Å². The Kier molecular flexibility index (Phi) is 6.59. The lowest BCUT2D eigenvalue weighted by atomic mass is 10.1. The topological polar surface area (TPSA) is 91.3 Å². The highest BCUT2D eigenvalue weighted by molar-refractivity contribution is 5.53. The molecule has 7 nitrogen and oxygen atoms in total. The van der Waals surface area contributed by atoms with E-state index in [1.165, 1.54) is 12.1 Å². The molecule has 7 heteroatoms. The minimum atomic E-state index is -0.449. The van der Waals surface area contributed by atoms with E-state index in [9.17, 15) is 15.2 Å². The zero-order valence-corrected chi connectivity index (χ0v) is 14.4. The highest BCUT2D eigenvalue weighted by atomic mass is 16.6. The SMILES string of the molecule is CCC(CO)N(CC)c1ccc(N=Nc2ccc([N+](=O)[O-])cc2)cc1. The number of aliphatic hydroxyl groups excluding tert-OH is 1. The maximum absolute atomic E-state index is 10.6. The van der Waals surface area contributed by atoms with Crippen molar-refractivity contribution in [3.05, 3.63) is 58.6 Å². The fraction of sp³-hybridized carbons (Fsp3) is 0.333. The van der Waals surface area contributed by atoms with Gasteiger partial charge in [0.1, 0.15) is 0 Å². The summed E-state index contributed by atoms with van der Waals surface area (Å²) in [7, 11) is 0. The number of nitro benzene ring substituents is 1. The summed E-state index contributed by atoms with van der Waals surface area (Å²) in [6.45, 7) is 5.03. The summed E-state index contributed by atoms with van der Waals surface area (Å²) in [5.41, 5.74) is 2.29. The second-order valence-electron chi connectivity index (χ2n) is 5.52. The van der Waals surface area contributed by atoms with Crippen LogP contribution in [0.1, 0.15) is 20.3 Å². The zero-order valence-electron chi connectivity index (χ0n) is 14.4. The number of anilines is 1. The molecule has 0 heterocycles. The summed E-state index contributed by atoms with van der Waals surface area (Å²) < 4.78 is 0. The van der Waals surface area contributed by atoms with Gasteiger partial charge in [0.2, 0.25) is 0 Å². The molecule has 0 aliphatic rings. The van der Waals surface area contributed by atoms with Crippen molar-refractivity contribution in [1.82, 2.24) is 0 Å². The molecule has 1 unspecified atom stereocenters. The smallest absolute Gasteiger partial charge is 0.269 e. The molecule has 0 amide bonds. The Morgan fingerprint density at radius 2 is 1.56 bits per heavy atom. The molecule has 0 bridgehead atoms. The van der Waals surface area contributed by atoms with Gasteiger partial charge >= 0.3 is 0 Å². The maximum atomic E-state index is 10.6. The van der Waals surface area contributed by atoms with Crippen molar-refractivity contribution < 1.29 is 10.0 Å². The fourth-order valence-electron chi connectivity index (χ4n) is 2.57. The molecule has 0 spiro atoms. The summed E-state index contributed by atoms with van der Waals surface area (Å²) in [4.78, 5) is 12.3. The second kappa shape index (κ2) is 8.89. The maximum Gasteiger partial charge on any atom is 0.269 e. The first-order chi connectivity index (χ1) is 12.1. The average molecular weight is 342 g/mol. The first kappa shape index (κ1) is 18.5. The number of rotatable bonds is 8. The lowest BCUT2D eigenvalue weighted by Gasteiger charge is -2.30. The molecule has 25 heavy (non-hydrogen) atoms. The second-order valence-corrected chi connectivity index (χ2v) is 5.52. The van der Waals surface area contributed by atoms with Gasteiger partial charge in [-0.3, -0.25) is 10.1 Å². The lowest BCUT2D eigenvalue weighted by Crippen LogP contribution is -2.37. The number of likely N-dealkylation sites (N-methyl/N-ethyl adjacent to an activating group) is 1.